The molecule has 1 saturated heterocycles. The molecule has 2 fully saturated rings. The Bertz CT molecular complexity index is 1430. The van der Waals surface area contributed by atoms with E-state index in [2.05, 4.69) is 10.3 Å². The number of nitrogens with one attached hydrogen (secondary N) is 1. The van der Waals surface area contributed by atoms with Crippen LogP contribution in [0.25, 0.3) is 11.0 Å². The molecule has 3 heterocycles. The van der Waals surface area contributed by atoms with Crippen LogP contribution in [0.3, 0.4) is 0 Å². The second-order valence-electron chi connectivity index (χ2n) is 9.96. The number of carbonyl (C=O) groups excluding carboxylic acids is 1. The van der Waals surface area contributed by atoms with E-state index in [-0.39, 0.29) is 46.5 Å². The summed E-state index contributed by atoms with van der Waals surface area (Å²) in [6.07, 6.45) is 4.15. The van der Waals surface area contributed by atoms with Gasteiger partial charge in [-0.15, -0.1) is 0 Å². The van der Waals surface area contributed by atoms with E-state index in [1.807, 2.05) is 11.8 Å². The minimum atomic E-state index is -0.733. The third kappa shape index (κ3) is 5.43. The standard InChI is InChI=1S/C27H31FN4O5S/c1-16(37-22-8-6-21(33)7-9-22)25(34)30-18-2-4-19(5-3-18)32-26(35)23-14-17(28)15-29-24(23)31(27(32)36)20-10-12-38-13-11-20/h6-9,14-16,18-20,33H,2-5,10-13H2,1H3,(H,30,34). The number of hydrogen-bond donors (Lipinski definition) is 2. The number of fused-ring (bicyclic) bond motifs is 1. The first-order valence-corrected chi connectivity index (χ1v) is 14.1. The molecule has 9 nitrogen and oxygen atoms in total. The molecule has 1 aliphatic carbocycles. The van der Waals surface area contributed by atoms with Crippen LogP contribution in [0, 0.1) is 5.82 Å². The Kier molecular flexibility index (Phi) is 7.73. The Labute approximate surface area is 223 Å². The molecule has 0 spiro atoms. The van der Waals surface area contributed by atoms with Crippen LogP contribution in [-0.2, 0) is 4.79 Å². The summed E-state index contributed by atoms with van der Waals surface area (Å²) in [5.41, 5.74) is -0.651. The van der Waals surface area contributed by atoms with Crippen molar-refractivity contribution in [2.45, 2.75) is 69.7 Å². The lowest BCUT2D eigenvalue weighted by molar-refractivity contribution is -0.128. The molecule has 0 bridgehead atoms. The molecular weight excluding hydrogens is 511 g/mol. The lowest BCUT2D eigenvalue weighted by Crippen LogP contribution is -2.47. The fourth-order valence-electron chi connectivity index (χ4n) is 5.38. The van der Waals surface area contributed by atoms with Crippen LogP contribution in [0.15, 0.2) is 46.1 Å². The maximum Gasteiger partial charge on any atom is 0.333 e. The molecule has 0 radical (unpaired) electrons. The largest absolute Gasteiger partial charge is 0.508 e. The van der Waals surface area contributed by atoms with Crippen molar-refractivity contribution in [2.24, 2.45) is 0 Å². The fourth-order valence-corrected chi connectivity index (χ4v) is 6.46. The Morgan fingerprint density at radius 2 is 1.74 bits per heavy atom. The maximum absolute atomic E-state index is 14.1. The third-order valence-corrected chi connectivity index (χ3v) is 8.45. The van der Waals surface area contributed by atoms with Gasteiger partial charge >= 0.3 is 5.69 Å². The van der Waals surface area contributed by atoms with Gasteiger partial charge in [0.25, 0.3) is 11.5 Å². The summed E-state index contributed by atoms with van der Waals surface area (Å²) in [4.78, 5) is 44.0. The van der Waals surface area contributed by atoms with Crippen LogP contribution in [0.5, 0.6) is 11.5 Å². The second kappa shape index (κ2) is 11.2. The quantitative estimate of drug-likeness (QED) is 0.490. The number of aromatic nitrogens is 3. The molecule has 1 atom stereocenters. The Morgan fingerprint density at radius 3 is 2.42 bits per heavy atom. The zero-order valence-corrected chi connectivity index (χ0v) is 22.0. The maximum atomic E-state index is 14.1. The van der Waals surface area contributed by atoms with E-state index in [1.54, 1.807) is 23.6 Å². The van der Waals surface area contributed by atoms with Gasteiger partial charge < -0.3 is 15.2 Å². The van der Waals surface area contributed by atoms with Crippen molar-refractivity contribution < 1.29 is 19.0 Å². The van der Waals surface area contributed by atoms with Crippen molar-refractivity contribution in [1.82, 2.24) is 19.4 Å². The number of amides is 1. The molecule has 1 aliphatic heterocycles. The fraction of sp³-hybridized carbons (Fsp3) is 0.481. The Morgan fingerprint density at radius 1 is 1.08 bits per heavy atom. The van der Waals surface area contributed by atoms with Gasteiger partial charge in [-0.3, -0.25) is 18.7 Å². The monoisotopic (exact) mass is 542 g/mol. The summed E-state index contributed by atoms with van der Waals surface area (Å²) in [6, 6.07) is 6.79. The number of rotatable bonds is 6. The topological polar surface area (TPSA) is 115 Å². The average Bonchev–Trinajstić information content (AvgIpc) is 2.92. The van der Waals surface area contributed by atoms with Crippen LogP contribution >= 0.6 is 11.8 Å². The molecule has 3 aromatic rings. The summed E-state index contributed by atoms with van der Waals surface area (Å²) < 4.78 is 22.7. The summed E-state index contributed by atoms with van der Waals surface area (Å²) >= 11 is 1.83. The lowest BCUT2D eigenvalue weighted by atomic mass is 9.90. The minimum Gasteiger partial charge on any atom is -0.508 e. The van der Waals surface area contributed by atoms with Crippen LogP contribution < -0.4 is 21.3 Å². The van der Waals surface area contributed by atoms with E-state index in [0.717, 1.165) is 30.5 Å². The number of thioether (sulfide) groups is 1. The second-order valence-corrected chi connectivity index (χ2v) is 11.2. The first-order chi connectivity index (χ1) is 18.3. The predicted molar refractivity (Wildman–Crippen MR) is 143 cm³/mol. The van der Waals surface area contributed by atoms with Gasteiger partial charge in [0.2, 0.25) is 0 Å². The highest BCUT2D eigenvalue weighted by Gasteiger charge is 2.30. The predicted octanol–water partition coefficient (Wildman–Crippen LogP) is 3.54. The lowest BCUT2D eigenvalue weighted by Gasteiger charge is -2.32. The number of halogens is 1. The molecular formula is C27H31FN4O5S. The number of hydrogen-bond acceptors (Lipinski definition) is 7. The van der Waals surface area contributed by atoms with Crippen molar-refractivity contribution >= 4 is 28.7 Å². The Hall–Kier alpha value is -3.34. The van der Waals surface area contributed by atoms with E-state index in [1.165, 1.54) is 22.8 Å². The highest BCUT2D eigenvalue weighted by Crippen LogP contribution is 2.30. The van der Waals surface area contributed by atoms with Crippen molar-refractivity contribution in [1.29, 1.82) is 0 Å². The molecule has 1 amide bonds. The number of nitrogens with zero attached hydrogens (tertiary/aromatic N) is 3. The molecule has 2 aromatic heterocycles. The zero-order chi connectivity index (χ0) is 26.8. The van der Waals surface area contributed by atoms with Crippen molar-refractivity contribution in [3.63, 3.8) is 0 Å². The molecule has 5 rings (SSSR count). The highest BCUT2D eigenvalue weighted by molar-refractivity contribution is 7.99. The number of phenolic OH excluding ortho intramolecular Hbond substituents is 1. The SMILES string of the molecule is CC(Oc1ccc(O)cc1)C(=O)NC1CCC(n2c(=O)c3cc(F)cnc3n(C3CCSCC3)c2=O)CC1. The van der Waals surface area contributed by atoms with Crippen LogP contribution in [0.4, 0.5) is 4.39 Å². The highest BCUT2D eigenvalue weighted by atomic mass is 32.2. The van der Waals surface area contributed by atoms with Gasteiger partial charge in [0.15, 0.2) is 6.10 Å². The van der Waals surface area contributed by atoms with E-state index in [0.29, 0.717) is 31.4 Å². The Balaban J connectivity index is 1.32. The number of pyridine rings is 1. The van der Waals surface area contributed by atoms with Gasteiger partial charge in [0.1, 0.15) is 23.0 Å². The van der Waals surface area contributed by atoms with Gasteiger partial charge in [0, 0.05) is 18.1 Å². The van der Waals surface area contributed by atoms with E-state index in [4.69, 9.17) is 4.74 Å². The van der Waals surface area contributed by atoms with Crippen molar-refractivity contribution in [2.75, 3.05) is 11.5 Å². The first kappa shape index (κ1) is 26.3. The van der Waals surface area contributed by atoms with Crippen LogP contribution in [0.2, 0.25) is 0 Å². The van der Waals surface area contributed by atoms with Crippen molar-refractivity contribution in [3.05, 3.63) is 63.2 Å². The first-order valence-electron chi connectivity index (χ1n) is 13.0. The van der Waals surface area contributed by atoms with E-state index < -0.39 is 17.5 Å². The normalized spacial score (nSPS) is 21.2. The molecule has 1 saturated carbocycles. The minimum absolute atomic E-state index is 0.0817. The van der Waals surface area contributed by atoms with Gasteiger partial charge in [-0.1, -0.05) is 0 Å². The number of phenols is 1. The number of aromatic hydroxyl groups is 1. The van der Waals surface area contributed by atoms with Crippen LogP contribution in [-0.4, -0.2) is 48.8 Å². The van der Waals surface area contributed by atoms with Gasteiger partial charge in [-0.25, -0.2) is 14.2 Å². The average molecular weight is 543 g/mol. The summed E-state index contributed by atoms with van der Waals surface area (Å²) in [6.45, 7) is 1.65. The number of ether oxygens (including phenoxy) is 1. The van der Waals surface area contributed by atoms with Crippen LogP contribution in [0.1, 0.15) is 57.5 Å². The molecule has 1 unspecified atom stereocenters. The molecule has 202 valence electrons. The molecule has 2 aliphatic rings. The summed E-state index contributed by atoms with van der Waals surface area (Å²) in [5, 5.41) is 12.5. The summed E-state index contributed by atoms with van der Waals surface area (Å²) in [5.74, 6) is 1.55. The third-order valence-electron chi connectivity index (χ3n) is 7.41. The molecule has 11 heteroatoms. The number of benzene rings is 1. The van der Waals surface area contributed by atoms with Gasteiger partial charge in [0.05, 0.1) is 11.6 Å². The molecule has 1 aromatic carbocycles. The van der Waals surface area contributed by atoms with Crippen molar-refractivity contribution in [3.8, 4) is 11.5 Å². The zero-order valence-electron chi connectivity index (χ0n) is 21.1. The smallest absolute Gasteiger partial charge is 0.333 e. The summed E-state index contributed by atoms with van der Waals surface area (Å²) in [7, 11) is 0. The number of carbonyl (C=O) groups is 1. The molecule has 2 N–H and O–H groups in total. The molecule has 38 heavy (non-hydrogen) atoms. The van der Waals surface area contributed by atoms with Gasteiger partial charge in [-0.2, -0.15) is 11.8 Å². The van der Waals surface area contributed by atoms with Gasteiger partial charge in [-0.05, 0) is 87.3 Å². The van der Waals surface area contributed by atoms with E-state index >= 15 is 0 Å². The van der Waals surface area contributed by atoms with E-state index in [9.17, 15) is 23.9 Å².